The minimum Gasteiger partial charge on any atom is -0.332 e. The summed E-state index contributed by atoms with van der Waals surface area (Å²) in [4.78, 5) is 20.9. The number of H-pyrrole nitrogens is 1. The highest BCUT2D eigenvalue weighted by atomic mass is 32.2. The number of anilines is 1. The van der Waals surface area contributed by atoms with Crippen LogP contribution < -0.4 is 5.32 Å². The zero-order valence-electron chi connectivity index (χ0n) is 19.5. The maximum Gasteiger partial charge on any atom is 0.225 e. The van der Waals surface area contributed by atoms with Gasteiger partial charge in [-0.05, 0) is 44.9 Å². The summed E-state index contributed by atoms with van der Waals surface area (Å²) in [5, 5.41) is 3.85. The van der Waals surface area contributed by atoms with Gasteiger partial charge in [-0.1, -0.05) is 83.6 Å². The van der Waals surface area contributed by atoms with Crippen LogP contribution in [-0.4, -0.2) is 21.6 Å². The van der Waals surface area contributed by atoms with Gasteiger partial charge in [-0.25, -0.2) is 4.98 Å². The zero-order chi connectivity index (χ0) is 23.4. The summed E-state index contributed by atoms with van der Waals surface area (Å²) in [6.07, 6.45) is 0.415. The van der Waals surface area contributed by atoms with Crippen LogP contribution in [0.4, 0.5) is 5.69 Å². The number of rotatable bonds is 7. The van der Waals surface area contributed by atoms with E-state index in [9.17, 15) is 4.79 Å². The first-order valence-corrected chi connectivity index (χ1v) is 12.1. The molecule has 0 saturated carbocycles. The molecule has 0 aliphatic carbocycles. The van der Waals surface area contributed by atoms with Gasteiger partial charge < -0.3 is 10.3 Å². The van der Waals surface area contributed by atoms with Crippen molar-refractivity contribution in [1.29, 1.82) is 0 Å². The second-order valence-corrected chi connectivity index (χ2v) is 9.55. The van der Waals surface area contributed by atoms with Gasteiger partial charge in [0.1, 0.15) is 0 Å². The summed E-state index contributed by atoms with van der Waals surface area (Å²) < 4.78 is 0. The van der Waals surface area contributed by atoms with Gasteiger partial charge in [-0.3, -0.25) is 4.79 Å². The molecule has 0 atom stereocenters. The first kappa shape index (κ1) is 22.9. The molecule has 0 bridgehead atoms. The molecule has 4 aromatic rings. The number of benzene rings is 3. The number of hydrogen-bond donors (Lipinski definition) is 2. The van der Waals surface area contributed by atoms with E-state index in [2.05, 4.69) is 78.7 Å². The van der Waals surface area contributed by atoms with Crippen LogP contribution in [0.2, 0.25) is 0 Å². The quantitative estimate of drug-likeness (QED) is 0.292. The fourth-order valence-electron chi connectivity index (χ4n) is 3.59. The number of aryl methyl sites for hydroxylation is 4. The normalized spacial score (nSPS) is 10.9. The first-order chi connectivity index (χ1) is 15.9. The summed E-state index contributed by atoms with van der Waals surface area (Å²) in [6.45, 7) is 8.20. The van der Waals surface area contributed by atoms with Gasteiger partial charge in [0, 0.05) is 29.0 Å². The average molecular weight is 456 g/mol. The molecular formula is C28H29N3OS. The summed E-state index contributed by atoms with van der Waals surface area (Å²) in [7, 11) is 0. The van der Waals surface area contributed by atoms with Crippen LogP contribution in [0.15, 0.2) is 71.9 Å². The van der Waals surface area contributed by atoms with Gasteiger partial charge >= 0.3 is 0 Å². The molecular weight excluding hydrogens is 426 g/mol. The lowest BCUT2D eigenvalue weighted by Gasteiger charge is -2.09. The van der Waals surface area contributed by atoms with Crippen molar-refractivity contribution < 1.29 is 4.79 Å². The molecule has 0 aliphatic rings. The van der Waals surface area contributed by atoms with Crippen molar-refractivity contribution in [2.24, 2.45) is 0 Å². The number of aromatic amines is 1. The molecule has 3 aromatic carbocycles. The maximum absolute atomic E-state index is 12.5. The Morgan fingerprint density at radius 2 is 1.45 bits per heavy atom. The first-order valence-electron chi connectivity index (χ1n) is 11.1. The fraction of sp³-hybridized carbons (Fsp3) is 0.214. The second-order valence-electron chi connectivity index (χ2n) is 8.46. The predicted octanol–water partition coefficient (Wildman–Crippen LogP) is 7.10. The highest BCUT2D eigenvalue weighted by Crippen LogP contribution is 2.33. The van der Waals surface area contributed by atoms with Crippen molar-refractivity contribution in [2.45, 2.75) is 39.3 Å². The number of amides is 1. The topological polar surface area (TPSA) is 57.8 Å². The maximum atomic E-state index is 12.5. The minimum atomic E-state index is 0.0141. The van der Waals surface area contributed by atoms with E-state index in [0.29, 0.717) is 12.2 Å². The largest absolute Gasteiger partial charge is 0.332 e. The Labute approximate surface area is 199 Å². The SMILES string of the molecule is Cc1ccc(-c2nc(SCCC(=O)Nc3cc(C)ccc3C)[nH]c2-c2ccc(C)cc2)cc1. The predicted molar refractivity (Wildman–Crippen MR) is 139 cm³/mol. The van der Waals surface area contributed by atoms with Crippen molar-refractivity contribution in [3.05, 3.63) is 89.0 Å². The molecule has 0 saturated heterocycles. The van der Waals surface area contributed by atoms with Gasteiger partial charge in [0.2, 0.25) is 5.91 Å². The number of hydrogen-bond acceptors (Lipinski definition) is 3. The third kappa shape index (κ3) is 5.74. The molecule has 168 valence electrons. The van der Waals surface area contributed by atoms with E-state index in [1.165, 1.54) is 11.1 Å². The molecule has 4 nitrogen and oxygen atoms in total. The molecule has 0 aliphatic heterocycles. The van der Waals surface area contributed by atoms with Gasteiger partial charge in [0.25, 0.3) is 0 Å². The number of nitrogens with one attached hydrogen (secondary N) is 2. The molecule has 0 unspecified atom stereocenters. The summed E-state index contributed by atoms with van der Waals surface area (Å²) in [5.41, 5.74) is 9.63. The smallest absolute Gasteiger partial charge is 0.225 e. The monoisotopic (exact) mass is 455 g/mol. The van der Waals surface area contributed by atoms with Crippen molar-refractivity contribution in [3.8, 4) is 22.5 Å². The molecule has 0 spiro atoms. The summed E-state index contributed by atoms with van der Waals surface area (Å²) >= 11 is 1.57. The average Bonchev–Trinajstić information content (AvgIpc) is 3.21. The van der Waals surface area contributed by atoms with Gasteiger partial charge in [0.05, 0.1) is 11.4 Å². The van der Waals surface area contributed by atoms with Gasteiger partial charge in [-0.2, -0.15) is 0 Å². The third-order valence-corrected chi connectivity index (χ3v) is 6.46. The molecule has 0 fully saturated rings. The second kappa shape index (κ2) is 10.1. The van der Waals surface area contributed by atoms with E-state index in [0.717, 1.165) is 44.5 Å². The Morgan fingerprint density at radius 3 is 2.12 bits per heavy atom. The van der Waals surface area contributed by atoms with Crippen molar-refractivity contribution in [2.75, 3.05) is 11.1 Å². The number of aromatic nitrogens is 2. The van der Waals surface area contributed by atoms with Crippen LogP contribution in [0.1, 0.15) is 28.7 Å². The van der Waals surface area contributed by atoms with Crippen LogP contribution in [0.5, 0.6) is 0 Å². The van der Waals surface area contributed by atoms with Crippen LogP contribution in [-0.2, 0) is 4.79 Å². The fourth-order valence-corrected chi connectivity index (χ4v) is 4.40. The van der Waals surface area contributed by atoms with E-state index in [-0.39, 0.29) is 5.91 Å². The Bertz CT molecular complexity index is 1190. The van der Waals surface area contributed by atoms with Crippen LogP contribution in [0.3, 0.4) is 0 Å². The molecule has 0 radical (unpaired) electrons. The number of imidazole rings is 1. The zero-order valence-corrected chi connectivity index (χ0v) is 20.3. The van der Waals surface area contributed by atoms with Crippen LogP contribution in [0.25, 0.3) is 22.5 Å². The highest BCUT2D eigenvalue weighted by Gasteiger charge is 2.15. The molecule has 1 heterocycles. The Morgan fingerprint density at radius 1 is 0.848 bits per heavy atom. The molecule has 2 N–H and O–H groups in total. The number of thioether (sulfide) groups is 1. The summed E-state index contributed by atoms with van der Waals surface area (Å²) in [6, 6.07) is 23.0. The van der Waals surface area contributed by atoms with Gasteiger partial charge in [-0.15, -0.1) is 0 Å². The molecule has 33 heavy (non-hydrogen) atoms. The number of nitrogens with zero attached hydrogens (tertiary/aromatic N) is 1. The molecule has 1 aromatic heterocycles. The van der Waals surface area contributed by atoms with E-state index in [4.69, 9.17) is 4.98 Å². The van der Waals surface area contributed by atoms with Crippen molar-refractivity contribution in [3.63, 3.8) is 0 Å². The van der Waals surface area contributed by atoms with Crippen molar-refractivity contribution >= 4 is 23.4 Å². The van der Waals surface area contributed by atoms with E-state index >= 15 is 0 Å². The van der Waals surface area contributed by atoms with Crippen molar-refractivity contribution in [1.82, 2.24) is 9.97 Å². The Kier molecular flexibility index (Phi) is 6.99. The minimum absolute atomic E-state index is 0.0141. The van der Waals surface area contributed by atoms with E-state index in [1.54, 1.807) is 11.8 Å². The van der Waals surface area contributed by atoms with E-state index in [1.807, 2.05) is 26.0 Å². The van der Waals surface area contributed by atoms with Crippen LogP contribution in [0, 0.1) is 27.7 Å². The number of carbonyl (C=O) groups excluding carboxylic acids is 1. The third-order valence-electron chi connectivity index (χ3n) is 5.58. The summed E-state index contributed by atoms with van der Waals surface area (Å²) in [5.74, 6) is 0.658. The lowest BCUT2D eigenvalue weighted by molar-refractivity contribution is -0.115. The van der Waals surface area contributed by atoms with Gasteiger partial charge in [0.15, 0.2) is 5.16 Å². The number of carbonyl (C=O) groups is 1. The Balaban J connectivity index is 1.49. The Hall–Kier alpha value is -3.31. The lowest BCUT2D eigenvalue weighted by Crippen LogP contribution is -2.13. The molecule has 5 heteroatoms. The molecule has 1 amide bonds. The standard InChI is InChI=1S/C28H29N3OS/c1-18-6-11-22(12-7-18)26-27(23-13-8-19(2)9-14-23)31-28(30-26)33-16-15-25(32)29-24-17-20(3)5-10-21(24)4/h5-14,17H,15-16H2,1-4H3,(H,29,32)(H,30,31). The van der Waals surface area contributed by atoms with Crippen LogP contribution >= 0.6 is 11.8 Å². The molecule has 4 rings (SSSR count). The van der Waals surface area contributed by atoms with E-state index < -0.39 is 0 Å². The lowest BCUT2D eigenvalue weighted by atomic mass is 10.0. The highest BCUT2D eigenvalue weighted by molar-refractivity contribution is 7.99.